The highest BCUT2D eigenvalue weighted by Gasteiger charge is 2.15. The average Bonchev–Trinajstić information content (AvgIpc) is 2.31. The molecule has 90 valence electrons. The van der Waals surface area contributed by atoms with Gasteiger partial charge in [-0.05, 0) is 32.0 Å². The van der Waals surface area contributed by atoms with E-state index >= 15 is 0 Å². The molecular formula is C12H14N2O3. The smallest absolute Gasteiger partial charge is 0.341 e. The Hall–Kier alpha value is -2.22. The topological polar surface area (TPSA) is 85.3 Å². The van der Waals surface area contributed by atoms with Crippen LogP contribution in [0.15, 0.2) is 18.2 Å². The van der Waals surface area contributed by atoms with E-state index in [4.69, 9.17) is 20.5 Å². The largest absolute Gasteiger partial charge is 0.475 e. The maximum absolute atomic E-state index is 11.6. The van der Waals surface area contributed by atoms with Crippen molar-refractivity contribution in [2.45, 2.75) is 20.0 Å². The lowest BCUT2D eigenvalue weighted by Crippen LogP contribution is -2.13. The maximum Gasteiger partial charge on any atom is 0.341 e. The van der Waals surface area contributed by atoms with E-state index in [0.717, 1.165) is 0 Å². The molecule has 0 aliphatic rings. The fourth-order valence-electron chi connectivity index (χ4n) is 1.24. The molecule has 0 heterocycles. The summed E-state index contributed by atoms with van der Waals surface area (Å²) < 4.78 is 10.2. The van der Waals surface area contributed by atoms with Crippen LogP contribution in [0.25, 0.3) is 0 Å². The van der Waals surface area contributed by atoms with Crippen LogP contribution in [0.3, 0.4) is 0 Å². The number of hydrogen-bond acceptors (Lipinski definition) is 5. The van der Waals surface area contributed by atoms with Gasteiger partial charge >= 0.3 is 5.97 Å². The Balaban J connectivity index is 3.04. The summed E-state index contributed by atoms with van der Waals surface area (Å²) in [6, 6.07) is 6.54. The highest BCUT2D eigenvalue weighted by molar-refractivity contribution is 5.93. The molecule has 0 fully saturated rings. The van der Waals surface area contributed by atoms with Gasteiger partial charge < -0.3 is 15.2 Å². The number of anilines is 1. The summed E-state index contributed by atoms with van der Waals surface area (Å²) in [6.07, 6.45) is -0.646. The maximum atomic E-state index is 11.6. The molecule has 0 saturated carbocycles. The number of hydrogen-bond donors (Lipinski definition) is 1. The summed E-state index contributed by atoms with van der Waals surface area (Å²) >= 11 is 0. The van der Waals surface area contributed by atoms with Gasteiger partial charge in [0.25, 0.3) is 0 Å². The summed E-state index contributed by atoms with van der Waals surface area (Å²) in [5, 5.41) is 8.67. The molecule has 0 aliphatic heterocycles. The number of benzene rings is 1. The third kappa shape index (κ3) is 3.38. The third-order valence-electron chi connectivity index (χ3n) is 1.98. The molecule has 0 aromatic heterocycles. The monoisotopic (exact) mass is 234 g/mol. The minimum Gasteiger partial charge on any atom is -0.475 e. The average molecular weight is 234 g/mol. The SMILES string of the molecule is CCOC(=O)c1cc(N)ccc1OC(C)C#N. The first-order valence-corrected chi connectivity index (χ1v) is 5.21. The quantitative estimate of drug-likeness (QED) is 0.633. The fourth-order valence-corrected chi connectivity index (χ4v) is 1.24. The molecule has 0 aliphatic carbocycles. The molecule has 5 nitrogen and oxygen atoms in total. The van der Waals surface area contributed by atoms with Crippen LogP contribution in [0.1, 0.15) is 24.2 Å². The molecule has 17 heavy (non-hydrogen) atoms. The van der Waals surface area contributed by atoms with Crippen LogP contribution < -0.4 is 10.5 Å². The molecule has 0 saturated heterocycles. The Bertz CT molecular complexity index is 452. The number of nitrogens with zero attached hydrogens (tertiary/aromatic N) is 1. The van der Waals surface area contributed by atoms with Crippen molar-refractivity contribution in [3.8, 4) is 11.8 Å². The fraction of sp³-hybridized carbons (Fsp3) is 0.333. The van der Waals surface area contributed by atoms with Crippen molar-refractivity contribution < 1.29 is 14.3 Å². The van der Waals surface area contributed by atoms with Crippen LogP contribution in [-0.4, -0.2) is 18.7 Å². The number of carbonyl (C=O) groups is 1. The first-order valence-electron chi connectivity index (χ1n) is 5.21. The van der Waals surface area contributed by atoms with Crippen LogP contribution in [0.2, 0.25) is 0 Å². The predicted octanol–water partition coefficient (Wildman–Crippen LogP) is 1.74. The molecule has 0 spiro atoms. The minimum atomic E-state index is -0.646. The molecule has 1 unspecified atom stereocenters. The van der Waals surface area contributed by atoms with E-state index in [9.17, 15) is 4.79 Å². The summed E-state index contributed by atoms with van der Waals surface area (Å²) in [7, 11) is 0. The van der Waals surface area contributed by atoms with E-state index < -0.39 is 12.1 Å². The van der Waals surface area contributed by atoms with Crippen molar-refractivity contribution in [1.29, 1.82) is 5.26 Å². The van der Waals surface area contributed by atoms with Crippen molar-refractivity contribution in [2.24, 2.45) is 0 Å². The molecule has 0 radical (unpaired) electrons. The first kappa shape index (κ1) is 12.8. The number of nitriles is 1. The second kappa shape index (κ2) is 5.75. The first-order chi connectivity index (χ1) is 8.08. The number of carbonyl (C=O) groups excluding carboxylic acids is 1. The zero-order valence-electron chi connectivity index (χ0n) is 9.77. The van der Waals surface area contributed by atoms with Crippen molar-refractivity contribution in [3.05, 3.63) is 23.8 Å². The number of rotatable bonds is 4. The van der Waals surface area contributed by atoms with E-state index in [0.29, 0.717) is 11.4 Å². The zero-order chi connectivity index (χ0) is 12.8. The van der Waals surface area contributed by atoms with Crippen molar-refractivity contribution in [1.82, 2.24) is 0 Å². The van der Waals surface area contributed by atoms with Gasteiger partial charge in [-0.25, -0.2) is 4.79 Å². The van der Waals surface area contributed by atoms with E-state index in [1.54, 1.807) is 26.0 Å². The second-order valence-electron chi connectivity index (χ2n) is 3.37. The predicted molar refractivity (Wildman–Crippen MR) is 62.5 cm³/mol. The van der Waals surface area contributed by atoms with Crippen LogP contribution in [0.4, 0.5) is 5.69 Å². The lowest BCUT2D eigenvalue weighted by molar-refractivity contribution is 0.0521. The summed E-state index contributed by atoms with van der Waals surface area (Å²) in [6.45, 7) is 3.56. The number of nitrogens with two attached hydrogens (primary N) is 1. The molecule has 1 atom stereocenters. The van der Waals surface area contributed by atoms with Crippen molar-refractivity contribution in [2.75, 3.05) is 12.3 Å². The van der Waals surface area contributed by atoms with Gasteiger partial charge in [-0.3, -0.25) is 0 Å². The highest BCUT2D eigenvalue weighted by Crippen LogP contribution is 2.23. The van der Waals surface area contributed by atoms with E-state index in [1.807, 2.05) is 6.07 Å². The Morgan fingerprint density at radius 2 is 2.29 bits per heavy atom. The Morgan fingerprint density at radius 1 is 1.59 bits per heavy atom. The normalized spacial score (nSPS) is 11.4. The Labute approximate surface area is 99.7 Å². The van der Waals surface area contributed by atoms with Crippen molar-refractivity contribution in [3.63, 3.8) is 0 Å². The Morgan fingerprint density at radius 3 is 2.88 bits per heavy atom. The molecule has 1 aromatic carbocycles. The standard InChI is InChI=1S/C12H14N2O3/c1-3-16-12(15)10-6-9(14)4-5-11(10)17-8(2)7-13/h4-6,8H,3,14H2,1-2H3. The minimum absolute atomic E-state index is 0.231. The number of esters is 1. The van der Waals surface area contributed by atoms with Gasteiger partial charge in [-0.2, -0.15) is 5.26 Å². The van der Waals surface area contributed by atoms with E-state index in [-0.39, 0.29) is 12.2 Å². The van der Waals surface area contributed by atoms with Gasteiger partial charge in [0, 0.05) is 5.69 Å². The third-order valence-corrected chi connectivity index (χ3v) is 1.98. The van der Waals surface area contributed by atoms with Gasteiger partial charge in [0.05, 0.1) is 6.61 Å². The van der Waals surface area contributed by atoms with Crippen LogP contribution in [0.5, 0.6) is 5.75 Å². The lowest BCUT2D eigenvalue weighted by Gasteiger charge is -2.12. The zero-order valence-corrected chi connectivity index (χ0v) is 9.77. The molecule has 0 amide bonds. The van der Waals surface area contributed by atoms with Crippen LogP contribution >= 0.6 is 0 Å². The van der Waals surface area contributed by atoms with Crippen LogP contribution in [0, 0.1) is 11.3 Å². The van der Waals surface area contributed by atoms with Gasteiger partial charge in [0.15, 0.2) is 6.10 Å². The summed E-state index contributed by atoms with van der Waals surface area (Å²) in [4.78, 5) is 11.6. The molecule has 1 aromatic rings. The molecule has 0 bridgehead atoms. The number of ether oxygens (including phenoxy) is 2. The van der Waals surface area contributed by atoms with E-state index in [2.05, 4.69) is 0 Å². The summed E-state index contributed by atoms with van der Waals surface area (Å²) in [5.41, 5.74) is 6.26. The van der Waals surface area contributed by atoms with E-state index in [1.165, 1.54) is 6.07 Å². The summed E-state index contributed by atoms with van der Waals surface area (Å²) in [5.74, 6) is -0.216. The highest BCUT2D eigenvalue weighted by atomic mass is 16.5. The van der Waals surface area contributed by atoms with Crippen LogP contribution in [-0.2, 0) is 4.74 Å². The van der Waals surface area contributed by atoms with Gasteiger partial charge in [0.2, 0.25) is 0 Å². The second-order valence-corrected chi connectivity index (χ2v) is 3.37. The molecule has 1 rings (SSSR count). The number of nitrogen functional groups attached to an aromatic ring is 1. The lowest BCUT2D eigenvalue weighted by atomic mass is 10.2. The Kier molecular flexibility index (Phi) is 4.35. The van der Waals surface area contributed by atoms with Crippen molar-refractivity contribution >= 4 is 11.7 Å². The molecular weight excluding hydrogens is 220 g/mol. The molecule has 5 heteroatoms. The molecule has 2 N–H and O–H groups in total. The van der Waals surface area contributed by atoms with Gasteiger partial charge in [0.1, 0.15) is 17.4 Å². The van der Waals surface area contributed by atoms with Gasteiger partial charge in [-0.1, -0.05) is 0 Å². The van der Waals surface area contributed by atoms with Gasteiger partial charge in [-0.15, -0.1) is 0 Å².